The van der Waals surface area contributed by atoms with Crippen LogP contribution >= 0.6 is 23.2 Å². The predicted molar refractivity (Wildman–Crippen MR) is 127 cm³/mol. The maximum absolute atomic E-state index is 12.8. The number of amides is 3. The fraction of sp³-hybridized carbons (Fsp3) is 0.125. The quantitative estimate of drug-likeness (QED) is 0.429. The molecule has 3 aromatic rings. The molecule has 0 aromatic heterocycles. The molecule has 0 aliphatic rings. The van der Waals surface area contributed by atoms with Crippen LogP contribution in [0.4, 0.5) is 11.4 Å². The Morgan fingerprint density at radius 1 is 0.812 bits per heavy atom. The van der Waals surface area contributed by atoms with Gasteiger partial charge in [-0.05, 0) is 54.1 Å². The number of benzene rings is 3. The van der Waals surface area contributed by atoms with Crippen molar-refractivity contribution in [2.75, 3.05) is 10.6 Å². The molecule has 0 bridgehead atoms. The molecular weight excluding hydrogens is 449 g/mol. The van der Waals surface area contributed by atoms with Crippen LogP contribution in [0, 0.1) is 0 Å². The topological polar surface area (TPSA) is 87.3 Å². The van der Waals surface area contributed by atoms with Crippen LogP contribution in [0.3, 0.4) is 0 Å². The Balaban J connectivity index is 1.73. The van der Waals surface area contributed by atoms with Crippen LogP contribution in [0.2, 0.25) is 10.0 Å². The zero-order chi connectivity index (χ0) is 23.1. The molecule has 0 saturated carbocycles. The van der Waals surface area contributed by atoms with Gasteiger partial charge in [-0.2, -0.15) is 0 Å². The first-order valence-corrected chi connectivity index (χ1v) is 10.6. The standard InChI is InChI=1S/C24H21Cl2N3O3/c1-15(30)27-22(16-6-8-17(25)9-7-16)14-23(31)29-21-5-3-2-4-20(21)24(32)28-19-12-10-18(26)11-13-19/h2-13,22H,14H2,1H3,(H,27,30)(H,28,32)(H,29,31). The largest absolute Gasteiger partial charge is 0.349 e. The highest BCUT2D eigenvalue weighted by Gasteiger charge is 2.19. The molecule has 1 unspecified atom stereocenters. The van der Waals surface area contributed by atoms with Gasteiger partial charge in [0.25, 0.3) is 5.91 Å². The normalized spacial score (nSPS) is 11.3. The molecule has 8 heteroatoms. The monoisotopic (exact) mass is 469 g/mol. The molecule has 0 saturated heterocycles. The Bertz CT molecular complexity index is 1120. The fourth-order valence-corrected chi connectivity index (χ4v) is 3.35. The third-order valence-electron chi connectivity index (χ3n) is 4.59. The number of hydrogen-bond acceptors (Lipinski definition) is 3. The molecular formula is C24H21Cl2N3O3. The van der Waals surface area contributed by atoms with Crippen LogP contribution in [-0.4, -0.2) is 17.7 Å². The van der Waals surface area contributed by atoms with Gasteiger partial charge in [0, 0.05) is 22.7 Å². The zero-order valence-electron chi connectivity index (χ0n) is 17.2. The molecule has 0 aliphatic heterocycles. The average molecular weight is 470 g/mol. The Morgan fingerprint density at radius 3 is 2.03 bits per heavy atom. The van der Waals surface area contributed by atoms with Crippen molar-refractivity contribution in [3.63, 3.8) is 0 Å². The van der Waals surface area contributed by atoms with Crippen molar-refractivity contribution in [1.82, 2.24) is 5.32 Å². The van der Waals surface area contributed by atoms with E-state index in [9.17, 15) is 14.4 Å². The second-order valence-corrected chi connectivity index (χ2v) is 7.94. The summed E-state index contributed by atoms with van der Waals surface area (Å²) in [4.78, 5) is 37.2. The van der Waals surface area contributed by atoms with E-state index in [1.165, 1.54) is 6.92 Å². The summed E-state index contributed by atoms with van der Waals surface area (Å²) < 4.78 is 0. The van der Waals surface area contributed by atoms with Crippen molar-refractivity contribution in [3.05, 3.63) is 94.0 Å². The highest BCUT2D eigenvalue weighted by Crippen LogP contribution is 2.22. The Morgan fingerprint density at radius 2 is 1.41 bits per heavy atom. The second-order valence-electron chi connectivity index (χ2n) is 7.06. The lowest BCUT2D eigenvalue weighted by atomic mass is 10.0. The lowest BCUT2D eigenvalue weighted by Crippen LogP contribution is -2.30. The van der Waals surface area contributed by atoms with Crippen LogP contribution in [0.15, 0.2) is 72.8 Å². The van der Waals surface area contributed by atoms with Gasteiger partial charge in [0.05, 0.1) is 23.7 Å². The molecule has 0 radical (unpaired) electrons. The van der Waals surface area contributed by atoms with Gasteiger partial charge in [-0.3, -0.25) is 14.4 Å². The fourth-order valence-electron chi connectivity index (χ4n) is 3.10. The number of anilines is 2. The smallest absolute Gasteiger partial charge is 0.257 e. The maximum atomic E-state index is 12.8. The summed E-state index contributed by atoms with van der Waals surface area (Å²) in [6.07, 6.45) is -0.0195. The molecule has 0 fully saturated rings. The third kappa shape index (κ3) is 6.57. The molecule has 0 aliphatic carbocycles. The summed E-state index contributed by atoms with van der Waals surface area (Å²) in [5.74, 6) is -0.995. The average Bonchev–Trinajstić information content (AvgIpc) is 2.75. The third-order valence-corrected chi connectivity index (χ3v) is 5.09. The van der Waals surface area contributed by atoms with Gasteiger partial charge >= 0.3 is 0 Å². The van der Waals surface area contributed by atoms with Crippen molar-refractivity contribution in [2.24, 2.45) is 0 Å². The number of nitrogens with one attached hydrogen (secondary N) is 3. The summed E-state index contributed by atoms with van der Waals surface area (Å²) in [6, 6.07) is 19.8. The van der Waals surface area contributed by atoms with E-state index >= 15 is 0 Å². The summed E-state index contributed by atoms with van der Waals surface area (Å²) in [5, 5.41) is 9.44. The van der Waals surface area contributed by atoms with E-state index in [4.69, 9.17) is 23.2 Å². The first-order valence-electron chi connectivity index (χ1n) is 9.80. The Kier molecular flexibility index (Phi) is 7.87. The van der Waals surface area contributed by atoms with Gasteiger partial charge in [-0.15, -0.1) is 0 Å². The Labute approximate surface area is 195 Å². The van der Waals surface area contributed by atoms with Crippen molar-refractivity contribution in [1.29, 1.82) is 0 Å². The summed E-state index contributed by atoms with van der Waals surface area (Å²) in [5.41, 5.74) is 1.99. The number of hydrogen-bond donors (Lipinski definition) is 3. The molecule has 1 atom stereocenters. The van der Waals surface area contributed by atoms with Crippen LogP contribution < -0.4 is 16.0 Å². The van der Waals surface area contributed by atoms with Gasteiger partial charge in [0.15, 0.2) is 0 Å². The van der Waals surface area contributed by atoms with E-state index in [0.29, 0.717) is 27.0 Å². The number of carbonyl (C=O) groups is 3. The summed E-state index contributed by atoms with van der Waals surface area (Å²) in [6.45, 7) is 1.39. The predicted octanol–water partition coefficient (Wildman–Crippen LogP) is 5.45. The van der Waals surface area contributed by atoms with Gasteiger partial charge in [0.1, 0.15) is 0 Å². The Hall–Kier alpha value is -3.35. The van der Waals surface area contributed by atoms with Crippen LogP contribution in [0.5, 0.6) is 0 Å². The zero-order valence-corrected chi connectivity index (χ0v) is 18.7. The van der Waals surface area contributed by atoms with E-state index in [2.05, 4.69) is 16.0 Å². The molecule has 32 heavy (non-hydrogen) atoms. The van der Waals surface area contributed by atoms with Crippen LogP contribution in [0.1, 0.15) is 35.3 Å². The lowest BCUT2D eigenvalue weighted by molar-refractivity contribution is -0.120. The van der Waals surface area contributed by atoms with E-state index in [-0.39, 0.29) is 24.1 Å². The van der Waals surface area contributed by atoms with Crippen LogP contribution in [0.25, 0.3) is 0 Å². The van der Waals surface area contributed by atoms with E-state index in [1.807, 2.05) is 0 Å². The summed E-state index contributed by atoms with van der Waals surface area (Å²) in [7, 11) is 0. The van der Waals surface area contributed by atoms with Crippen molar-refractivity contribution in [3.8, 4) is 0 Å². The highest BCUT2D eigenvalue weighted by molar-refractivity contribution is 6.30. The van der Waals surface area contributed by atoms with Crippen molar-refractivity contribution < 1.29 is 14.4 Å². The number of rotatable bonds is 7. The first-order chi connectivity index (χ1) is 15.3. The maximum Gasteiger partial charge on any atom is 0.257 e. The highest BCUT2D eigenvalue weighted by atomic mass is 35.5. The second kappa shape index (κ2) is 10.8. The minimum atomic E-state index is -0.542. The number of para-hydroxylation sites is 1. The number of carbonyl (C=O) groups excluding carboxylic acids is 3. The number of halogens is 2. The summed E-state index contributed by atoms with van der Waals surface area (Å²) >= 11 is 11.8. The molecule has 0 heterocycles. The van der Waals surface area contributed by atoms with Gasteiger partial charge in [-0.1, -0.05) is 47.5 Å². The molecule has 3 aromatic carbocycles. The van der Waals surface area contributed by atoms with Gasteiger partial charge in [0.2, 0.25) is 11.8 Å². The molecule has 3 N–H and O–H groups in total. The van der Waals surface area contributed by atoms with E-state index in [1.54, 1.807) is 72.8 Å². The van der Waals surface area contributed by atoms with Gasteiger partial charge < -0.3 is 16.0 Å². The first kappa shape index (κ1) is 23.3. The van der Waals surface area contributed by atoms with E-state index in [0.717, 1.165) is 5.56 Å². The minimum absolute atomic E-state index is 0.0195. The van der Waals surface area contributed by atoms with Gasteiger partial charge in [-0.25, -0.2) is 0 Å². The van der Waals surface area contributed by atoms with E-state index < -0.39 is 6.04 Å². The molecule has 164 valence electrons. The molecule has 3 amide bonds. The van der Waals surface area contributed by atoms with Crippen molar-refractivity contribution in [2.45, 2.75) is 19.4 Å². The lowest BCUT2D eigenvalue weighted by Gasteiger charge is -2.19. The molecule has 3 rings (SSSR count). The molecule has 6 nitrogen and oxygen atoms in total. The molecule has 0 spiro atoms. The minimum Gasteiger partial charge on any atom is -0.349 e. The van der Waals surface area contributed by atoms with Crippen LogP contribution in [-0.2, 0) is 9.59 Å². The SMILES string of the molecule is CC(=O)NC(CC(=O)Nc1ccccc1C(=O)Nc1ccc(Cl)cc1)c1ccc(Cl)cc1. The van der Waals surface area contributed by atoms with Crippen molar-refractivity contribution >= 4 is 52.3 Å².